The summed E-state index contributed by atoms with van der Waals surface area (Å²) in [5.41, 5.74) is 0.876. The fourth-order valence-electron chi connectivity index (χ4n) is 6.86. The smallest absolute Gasteiger partial charge is 0.273 e. The number of rotatable bonds is 8. The number of anilines is 2. The molecule has 4 heterocycles. The number of sulfonamides is 1. The van der Waals surface area contributed by atoms with E-state index in [1.54, 1.807) is 74.1 Å². The lowest BCUT2D eigenvalue weighted by Crippen LogP contribution is -2.60. The third-order valence-corrected chi connectivity index (χ3v) is 10.7. The van der Waals surface area contributed by atoms with Crippen molar-refractivity contribution < 1.29 is 22.7 Å². The zero-order valence-electron chi connectivity index (χ0n) is 26.4. The SMILES string of the molecule is CCOc1cc(OC)ccc1C1(N2CCN(c3ccncc3)CC2)C(=O)N(S(=O)(=O)c2cccc3cccnc23)c2ccc(C#N)cc21. The average Bonchev–Trinajstić information content (AvgIpc) is 3.40. The third-order valence-electron chi connectivity index (χ3n) is 9.00. The van der Waals surface area contributed by atoms with Gasteiger partial charge in [0.2, 0.25) is 0 Å². The van der Waals surface area contributed by atoms with E-state index in [9.17, 15) is 13.7 Å². The van der Waals surface area contributed by atoms with Crippen LogP contribution in [0.3, 0.4) is 0 Å². The number of amides is 1. The van der Waals surface area contributed by atoms with E-state index in [0.29, 0.717) is 59.8 Å². The number of fused-ring (bicyclic) bond motifs is 2. The minimum Gasteiger partial charge on any atom is -0.497 e. The lowest BCUT2D eigenvalue weighted by Gasteiger charge is -2.46. The molecule has 2 aliphatic rings. The van der Waals surface area contributed by atoms with Gasteiger partial charge in [0.25, 0.3) is 15.9 Å². The van der Waals surface area contributed by atoms with E-state index in [1.165, 1.54) is 18.3 Å². The number of hydrogen-bond acceptors (Lipinski definition) is 10. The van der Waals surface area contributed by atoms with Gasteiger partial charge in [0, 0.05) is 73.0 Å². The first kappa shape index (κ1) is 31.1. The summed E-state index contributed by atoms with van der Waals surface area (Å²) in [7, 11) is -2.99. The van der Waals surface area contributed by atoms with Crippen molar-refractivity contribution in [1.29, 1.82) is 5.26 Å². The molecule has 48 heavy (non-hydrogen) atoms. The molecule has 0 spiro atoms. The summed E-state index contributed by atoms with van der Waals surface area (Å²) in [6.07, 6.45) is 5.00. The van der Waals surface area contributed by atoms with Crippen LogP contribution < -0.4 is 18.7 Å². The van der Waals surface area contributed by atoms with Gasteiger partial charge in [-0.25, -0.2) is 12.7 Å². The van der Waals surface area contributed by atoms with E-state index in [-0.39, 0.29) is 22.7 Å². The fraction of sp³-hybridized carbons (Fsp3) is 0.222. The molecule has 1 unspecified atom stereocenters. The first-order valence-corrected chi connectivity index (χ1v) is 17.0. The van der Waals surface area contributed by atoms with Crippen molar-refractivity contribution in [2.45, 2.75) is 17.4 Å². The summed E-state index contributed by atoms with van der Waals surface area (Å²) in [4.78, 5) is 28.1. The van der Waals surface area contributed by atoms with Gasteiger partial charge in [-0.3, -0.25) is 19.7 Å². The van der Waals surface area contributed by atoms with E-state index >= 15 is 4.79 Å². The molecule has 2 aromatic heterocycles. The summed E-state index contributed by atoms with van der Waals surface area (Å²) in [6.45, 7) is 4.01. The van der Waals surface area contributed by atoms with Crippen molar-refractivity contribution in [3.8, 4) is 17.6 Å². The lowest BCUT2D eigenvalue weighted by atomic mass is 9.80. The topological polar surface area (TPSA) is 129 Å². The molecule has 7 rings (SSSR count). The van der Waals surface area contributed by atoms with Gasteiger partial charge >= 0.3 is 0 Å². The highest BCUT2D eigenvalue weighted by molar-refractivity contribution is 7.93. The van der Waals surface area contributed by atoms with Crippen LogP contribution in [0.4, 0.5) is 11.4 Å². The van der Waals surface area contributed by atoms with E-state index < -0.39 is 21.5 Å². The number of hydrogen-bond donors (Lipinski definition) is 0. The number of carbonyl (C=O) groups excluding carboxylic acids is 1. The average molecular weight is 661 g/mol. The second-order valence-electron chi connectivity index (χ2n) is 11.4. The van der Waals surface area contributed by atoms with Crippen molar-refractivity contribution >= 4 is 38.2 Å². The second-order valence-corrected chi connectivity index (χ2v) is 13.2. The number of nitrogens with zero attached hydrogens (tertiary/aromatic N) is 6. The van der Waals surface area contributed by atoms with Gasteiger partial charge in [0.15, 0.2) is 5.54 Å². The molecule has 0 aliphatic carbocycles. The molecule has 0 saturated carbocycles. The summed E-state index contributed by atoms with van der Waals surface area (Å²) < 4.78 is 42.3. The zero-order valence-corrected chi connectivity index (χ0v) is 27.2. The monoisotopic (exact) mass is 660 g/mol. The normalized spacial score (nSPS) is 18.1. The van der Waals surface area contributed by atoms with E-state index in [2.05, 4.69) is 20.9 Å². The first-order valence-electron chi connectivity index (χ1n) is 15.5. The maximum absolute atomic E-state index is 15.5. The van der Waals surface area contributed by atoms with Crippen LogP contribution in [-0.2, 0) is 20.4 Å². The van der Waals surface area contributed by atoms with E-state index in [1.807, 2.05) is 24.0 Å². The molecule has 1 atom stereocenters. The fourth-order valence-corrected chi connectivity index (χ4v) is 8.49. The minimum absolute atomic E-state index is 0.0951. The van der Waals surface area contributed by atoms with Gasteiger partial charge < -0.3 is 14.4 Å². The van der Waals surface area contributed by atoms with Gasteiger partial charge in [-0.1, -0.05) is 18.2 Å². The maximum Gasteiger partial charge on any atom is 0.273 e. The predicted octanol–water partition coefficient (Wildman–Crippen LogP) is 4.71. The molecule has 0 radical (unpaired) electrons. The van der Waals surface area contributed by atoms with Crippen LogP contribution in [-0.4, -0.2) is 69.1 Å². The number of aromatic nitrogens is 2. The van der Waals surface area contributed by atoms with Gasteiger partial charge in [-0.05, 0) is 61.5 Å². The molecular weight excluding hydrogens is 628 g/mol. The number of pyridine rings is 2. The molecule has 12 heteroatoms. The Bertz CT molecular complexity index is 2180. The van der Waals surface area contributed by atoms with Crippen LogP contribution in [0.2, 0.25) is 0 Å². The molecular formula is C36H32N6O5S. The Labute approximate surface area is 278 Å². The Morgan fingerprint density at radius 3 is 2.42 bits per heavy atom. The summed E-state index contributed by atoms with van der Waals surface area (Å²) in [5, 5.41) is 10.7. The number of carbonyl (C=O) groups is 1. The zero-order chi connectivity index (χ0) is 33.5. The highest BCUT2D eigenvalue weighted by atomic mass is 32.2. The Kier molecular flexibility index (Phi) is 7.94. The van der Waals surface area contributed by atoms with Crippen LogP contribution in [0, 0.1) is 11.3 Å². The predicted molar refractivity (Wildman–Crippen MR) is 181 cm³/mol. The number of piperazine rings is 1. The molecule has 0 bridgehead atoms. The lowest BCUT2D eigenvalue weighted by molar-refractivity contribution is -0.127. The molecule has 1 saturated heterocycles. The Morgan fingerprint density at radius 2 is 1.69 bits per heavy atom. The van der Waals surface area contributed by atoms with Gasteiger partial charge in [-0.15, -0.1) is 0 Å². The van der Waals surface area contributed by atoms with Gasteiger partial charge in [0.05, 0.1) is 36.6 Å². The van der Waals surface area contributed by atoms with Crippen molar-refractivity contribution in [3.63, 3.8) is 0 Å². The molecule has 3 aromatic carbocycles. The molecule has 0 N–H and O–H groups in total. The molecule has 5 aromatic rings. The molecule has 11 nitrogen and oxygen atoms in total. The standard InChI is InChI=1S/C36H32N6O5S/c1-3-47-32-23-28(46-2)10-11-29(32)36(41-20-18-40(19-21-41)27-13-16-38-17-14-27)30-22-25(24-37)9-12-31(30)42(35(36)43)48(44,45)33-8-4-6-26-7-5-15-39-34(26)33/h4-17,22-23H,3,18-21H2,1-2H3. The first-order chi connectivity index (χ1) is 23.3. The van der Waals surface area contributed by atoms with E-state index in [0.717, 1.165) is 9.99 Å². The maximum atomic E-state index is 15.5. The summed E-state index contributed by atoms with van der Waals surface area (Å²) in [6, 6.07) is 24.3. The van der Waals surface area contributed by atoms with Crippen molar-refractivity contribution in [2.24, 2.45) is 0 Å². The van der Waals surface area contributed by atoms with Crippen LogP contribution in [0.5, 0.6) is 11.5 Å². The Morgan fingerprint density at radius 1 is 0.917 bits per heavy atom. The molecule has 242 valence electrons. The summed E-state index contributed by atoms with van der Waals surface area (Å²) >= 11 is 0. The summed E-state index contributed by atoms with van der Waals surface area (Å²) in [5.74, 6) is 0.202. The number of benzene rings is 3. The number of nitriles is 1. The van der Waals surface area contributed by atoms with Crippen molar-refractivity contribution in [3.05, 3.63) is 114 Å². The van der Waals surface area contributed by atoms with Crippen LogP contribution in [0.15, 0.2) is 102 Å². The van der Waals surface area contributed by atoms with Crippen LogP contribution >= 0.6 is 0 Å². The second kappa shape index (κ2) is 12.3. The third kappa shape index (κ3) is 4.82. The quantitative estimate of drug-likeness (QED) is 0.231. The van der Waals surface area contributed by atoms with Gasteiger partial charge in [-0.2, -0.15) is 5.26 Å². The molecule has 1 amide bonds. The molecule has 1 fully saturated rings. The minimum atomic E-state index is -4.53. The van der Waals surface area contributed by atoms with Crippen LogP contribution in [0.1, 0.15) is 23.6 Å². The number of para-hydroxylation sites is 1. The molecule has 2 aliphatic heterocycles. The number of ether oxygens (including phenoxy) is 2. The van der Waals surface area contributed by atoms with Gasteiger partial charge in [0.1, 0.15) is 16.4 Å². The van der Waals surface area contributed by atoms with Crippen molar-refractivity contribution in [1.82, 2.24) is 14.9 Å². The van der Waals surface area contributed by atoms with Crippen molar-refractivity contribution in [2.75, 3.05) is 49.1 Å². The highest BCUT2D eigenvalue weighted by Crippen LogP contribution is 2.53. The Balaban J connectivity index is 1.47. The van der Waals surface area contributed by atoms with E-state index in [4.69, 9.17) is 9.47 Å². The highest BCUT2D eigenvalue weighted by Gasteiger charge is 2.61. The number of methoxy groups -OCH3 is 1. The Hall–Kier alpha value is -5.51. The largest absolute Gasteiger partial charge is 0.497 e. The van der Waals surface area contributed by atoms with Crippen LogP contribution in [0.25, 0.3) is 10.9 Å².